The standard InChI is InChI=1S/C17H17NO4S/c1-12-7-3-6-10-15(12)23(20,21)18-16(19)17(2)11-13-8-4-5-9-14(13)22-17/h3-10H,11H2,1-2H3,(H,18,19)/t17-/m0/s1. The van der Waals surface area contributed by atoms with Gasteiger partial charge in [0.2, 0.25) is 0 Å². The van der Waals surface area contributed by atoms with Gasteiger partial charge in [0.05, 0.1) is 4.90 Å². The number of amides is 1. The van der Waals surface area contributed by atoms with Crippen LogP contribution in [0, 0.1) is 6.92 Å². The summed E-state index contributed by atoms with van der Waals surface area (Å²) in [7, 11) is -3.93. The molecule has 5 nitrogen and oxygen atoms in total. The summed E-state index contributed by atoms with van der Waals surface area (Å²) in [5.41, 5.74) is 0.228. The third-order valence-electron chi connectivity index (χ3n) is 3.93. The second kappa shape index (κ2) is 5.38. The number of para-hydroxylation sites is 1. The summed E-state index contributed by atoms with van der Waals surface area (Å²) in [6.07, 6.45) is 0.332. The van der Waals surface area contributed by atoms with Crippen molar-refractivity contribution in [2.75, 3.05) is 0 Å². The summed E-state index contributed by atoms with van der Waals surface area (Å²) in [5, 5.41) is 0. The van der Waals surface area contributed by atoms with Crippen LogP contribution < -0.4 is 9.46 Å². The number of nitrogens with one attached hydrogen (secondary N) is 1. The molecule has 0 saturated carbocycles. The first-order chi connectivity index (χ1) is 10.8. The van der Waals surface area contributed by atoms with Crippen molar-refractivity contribution in [1.29, 1.82) is 0 Å². The predicted octanol–water partition coefficient (Wildman–Crippen LogP) is 2.19. The molecule has 0 spiro atoms. The van der Waals surface area contributed by atoms with E-state index in [-0.39, 0.29) is 4.90 Å². The van der Waals surface area contributed by atoms with E-state index in [9.17, 15) is 13.2 Å². The number of carbonyl (C=O) groups excluding carboxylic acids is 1. The van der Waals surface area contributed by atoms with E-state index in [0.29, 0.717) is 17.7 Å². The average molecular weight is 331 g/mol. The molecule has 0 bridgehead atoms. The smallest absolute Gasteiger partial charge is 0.277 e. The Morgan fingerprint density at radius 3 is 2.48 bits per heavy atom. The molecule has 1 aliphatic heterocycles. The number of benzene rings is 2. The third-order valence-corrected chi connectivity index (χ3v) is 5.42. The van der Waals surface area contributed by atoms with Gasteiger partial charge in [0, 0.05) is 6.42 Å². The van der Waals surface area contributed by atoms with Gasteiger partial charge in [0.15, 0.2) is 5.60 Å². The predicted molar refractivity (Wildman–Crippen MR) is 85.7 cm³/mol. The molecule has 3 rings (SSSR count). The third kappa shape index (κ3) is 2.82. The number of sulfonamides is 1. The molecule has 0 aliphatic carbocycles. The molecular formula is C17H17NO4S. The van der Waals surface area contributed by atoms with E-state index >= 15 is 0 Å². The normalized spacial score (nSPS) is 19.7. The quantitative estimate of drug-likeness (QED) is 0.936. The lowest BCUT2D eigenvalue weighted by Gasteiger charge is -2.22. The maximum absolute atomic E-state index is 12.5. The SMILES string of the molecule is Cc1ccccc1S(=O)(=O)NC(=O)[C@]1(C)Cc2ccccc2O1. The Hall–Kier alpha value is -2.34. The fourth-order valence-electron chi connectivity index (χ4n) is 2.66. The van der Waals surface area contributed by atoms with Crippen LogP contribution >= 0.6 is 0 Å². The molecule has 2 aromatic rings. The van der Waals surface area contributed by atoms with E-state index in [1.165, 1.54) is 6.07 Å². The zero-order valence-electron chi connectivity index (χ0n) is 12.9. The second-order valence-electron chi connectivity index (χ2n) is 5.82. The van der Waals surface area contributed by atoms with E-state index in [0.717, 1.165) is 5.56 Å². The van der Waals surface area contributed by atoms with Crippen LogP contribution in [0.4, 0.5) is 0 Å². The largest absolute Gasteiger partial charge is 0.477 e. The number of hydrogen-bond donors (Lipinski definition) is 1. The Labute approximate surface area is 135 Å². The van der Waals surface area contributed by atoms with Gasteiger partial charge in [-0.05, 0) is 37.1 Å². The molecule has 0 fully saturated rings. The molecule has 6 heteroatoms. The van der Waals surface area contributed by atoms with Gasteiger partial charge < -0.3 is 4.74 Å². The molecular weight excluding hydrogens is 314 g/mol. The van der Waals surface area contributed by atoms with Crippen molar-refractivity contribution in [2.45, 2.75) is 30.8 Å². The number of fused-ring (bicyclic) bond motifs is 1. The minimum Gasteiger partial charge on any atom is -0.477 e. The van der Waals surface area contributed by atoms with Crippen LogP contribution in [0.5, 0.6) is 5.75 Å². The van der Waals surface area contributed by atoms with E-state index in [4.69, 9.17) is 4.74 Å². The van der Waals surface area contributed by atoms with Crippen LogP contribution in [0.2, 0.25) is 0 Å². The highest BCUT2D eigenvalue weighted by Crippen LogP contribution is 2.35. The molecule has 2 aromatic carbocycles. The summed E-state index contributed by atoms with van der Waals surface area (Å²) < 4.78 is 32.7. The Morgan fingerprint density at radius 2 is 1.78 bits per heavy atom. The number of hydrogen-bond acceptors (Lipinski definition) is 4. The summed E-state index contributed by atoms with van der Waals surface area (Å²) in [5.74, 6) is -0.0598. The molecule has 120 valence electrons. The van der Waals surface area contributed by atoms with Gasteiger partial charge in [-0.3, -0.25) is 4.79 Å². The van der Waals surface area contributed by atoms with Crippen LogP contribution in [0.3, 0.4) is 0 Å². The van der Waals surface area contributed by atoms with Crippen molar-refractivity contribution in [3.05, 3.63) is 59.7 Å². The van der Waals surface area contributed by atoms with Crippen LogP contribution in [0.25, 0.3) is 0 Å². The summed E-state index contributed by atoms with van der Waals surface area (Å²) in [6, 6.07) is 13.8. The Kier molecular flexibility index (Phi) is 3.64. The molecule has 1 heterocycles. The number of carbonyl (C=O) groups is 1. The van der Waals surface area contributed by atoms with Crippen molar-refractivity contribution in [3.8, 4) is 5.75 Å². The fourth-order valence-corrected chi connectivity index (χ4v) is 3.98. The van der Waals surface area contributed by atoms with Crippen molar-refractivity contribution >= 4 is 15.9 Å². The highest BCUT2D eigenvalue weighted by Gasteiger charge is 2.43. The van der Waals surface area contributed by atoms with Crippen LogP contribution in [-0.4, -0.2) is 19.9 Å². The molecule has 1 N–H and O–H groups in total. The summed E-state index contributed by atoms with van der Waals surface area (Å²) in [4.78, 5) is 12.6. The van der Waals surface area contributed by atoms with Crippen molar-refractivity contribution in [1.82, 2.24) is 4.72 Å². The zero-order valence-corrected chi connectivity index (χ0v) is 13.7. The molecule has 1 amide bonds. The number of rotatable bonds is 3. The van der Waals surface area contributed by atoms with E-state index in [1.807, 2.05) is 18.2 Å². The first-order valence-corrected chi connectivity index (χ1v) is 8.70. The lowest BCUT2D eigenvalue weighted by Crippen LogP contribution is -2.50. The highest BCUT2D eigenvalue weighted by atomic mass is 32.2. The van der Waals surface area contributed by atoms with Crippen molar-refractivity contribution in [2.24, 2.45) is 0 Å². The van der Waals surface area contributed by atoms with Crippen LogP contribution in [0.1, 0.15) is 18.1 Å². The van der Waals surface area contributed by atoms with Gasteiger partial charge >= 0.3 is 0 Å². The topological polar surface area (TPSA) is 72.5 Å². The van der Waals surface area contributed by atoms with Gasteiger partial charge in [-0.2, -0.15) is 0 Å². The van der Waals surface area contributed by atoms with Crippen LogP contribution in [-0.2, 0) is 21.2 Å². The minimum atomic E-state index is -3.93. The van der Waals surface area contributed by atoms with Gasteiger partial charge in [0.25, 0.3) is 15.9 Å². The minimum absolute atomic E-state index is 0.0902. The monoisotopic (exact) mass is 331 g/mol. The molecule has 1 aliphatic rings. The van der Waals surface area contributed by atoms with Gasteiger partial charge in [-0.15, -0.1) is 0 Å². The van der Waals surface area contributed by atoms with Crippen molar-refractivity contribution in [3.63, 3.8) is 0 Å². The van der Waals surface area contributed by atoms with Gasteiger partial charge in [-0.25, -0.2) is 13.1 Å². The van der Waals surface area contributed by atoms with Crippen LogP contribution in [0.15, 0.2) is 53.4 Å². The molecule has 0 aromatic heterocycles. The Bertz CT molecular complexity index is 849. The molecule has 0 radical (unpaired) electrons. The Morgan fingerprint density at radius 1 is 1.13 bits per heavy atom. The van der Waals surface area contributed by atoms with Crippen molar-refractivity contribution < 1.29 is 17.9 Å². The van der Waals surface area contributed by atoms with E-state index < -0.39 is 21.5 Å². The number of aryl methyl sites for hydroxylation is 1. The maximum Gasteiger partial charge on any atom is 0.277 e. The van der Waals surface area contributed by atoms with E-state index in [1.54, 1.807) is 38.1 Å². The van der Waals surface area contributed by atoms with Gasteiger partial charge in [-0.1, -0.05) is 36.4 Å². The lowest BCUT2D eigenvalue weighted by molar-refractivity contribution is -0.132. The second-order valence-corrected chi connectivity index (χ2v) is 7.47. The summed E-state index contributed by atoms with van der Waals surface area (Å²) >= 11 is 0. The fraction of sp³-hybridized carbons (Fsp3) is 0.235. The summed E-state index contributed by atoms with van der Waals surface area (Å²) in [6.45, 7) is 3.28. The van der Waals surface area contributed by atoms with Gasteiger partial charge in [0.1, 0.15) is 5.75 Å². The molecule has 23 heavy (non-hydrogen) atoms. The molecule has 0 saturated heterocycles. The maximum atomic E-state index is 12.5. The molecule has 1 atom stereocenters. The Balaban J connectivity index is 1.84. The molecule has 0 unspecified atom stereocenters. The zero-order chi connectivity index (χ0) is 16.7. The average Bonchev–Trinajstić information content (AvgIpc) is 2.84. The van der Waals surface area contributed by atoms with E-state index in [2.05, 4.69) is 4.72 Å². The highest BCUT2D eigenvalue weighted by molar-refractivity contribution is 7.90. The number of ether oxygens (including phenoxy) is 1. The first-order valence-electron chi connectivity index (χ1n) is 7.22. The lowest BCUT2D eigenvalue weighted by atomic mass is 9.99. The first kappa shape index (κ1) is 15.6.